The first-order chi connectivity index (χ1) is 13.3. The highest BCUT2D eigenvalue weighted by atomic mass is 127. The van der Waals surface area contributed by atoms with Crippen LogP contribution < -0.4 is 15.4 Å². The number of ether oxygens (including phenoxy) is 1. The van der Waals surface area contributed by atoms with Crippen LogP contribution >= 0.6 is 24.0 Å². The SMILES string of the molecule is CN=C(NCC1(CS(C)(=O)=O)CC1)NC1CC2(CCCC2)Oc2ccccc21.I. The van der Waals surface area contributed by atoms with Gasteiger partial charge < -0.3 is 15.4 Å². The molecule has 0 bridgehead atoms. The highest BCUT2D eigenvalue weighted by Crippen LogP contribution is 2.47. The molecule has 1 aromatic carbocycles. The molecule has 1 aliphatic heterocycles. The van der Waals surface area contributed by atoms with Gasteiger partial charge in [0.05, 0.1) is 11.8 Å². The third-order valence-corrected chi connectivity index (χ3v) is 7.54. The van der Waals surface area contributed by atoms with Gasteiger partial charge in [-0.15, -0.1) is 24.0 Å². The number of fused-ring (bicyclic) bond motifs is 1. The first kappa shape index (κ1) is 22.7. The van der Waals surface area contributed by atoms with E-state index in [-0.39, 0.29) is 46.8 Å². The number of halogens is 1. The van der Waals surface area contributed by atoms with E-state index in [1.165, 1.54) is 24.7 Å². The molecule has 2 fully saturated rings. The van der Waals surface area contributed by atoms with Gasteiger partial charge >= 0.3 is 0 Å². The lowest BCUT2D eigenvalue weighted by Gasteiger charge is -2.40. The molecule has 1 spiro atoms. The van der Waals surface area contributed by atoms with E-state index in [0.29, 0.717) is 6.54 Å². The molecule has 162 valence electrons. The van der Waals surface area contributed by atoms with Crippen molar-refractivity contribution in [1.82, 2.24) is 10.6 Å². The van der Waals surface area contributed by atoms with Crippen LogP contribution in [0.25, 0.3) is 0 Å². The number of sulfone groups is 1. The Labute approximate surface area is 191 Å². The maximum Gasteiger partial charge on any atom is 0.191 e. The minimum Gasteiger partial charge on any atom is -0.487 e. The molecular weight excluding hydrogens is 501 g/mol. The van der Waals surface area contributed by atoms with E-state index < -0.39 is 9.84 Å². The molecule has 3 aliphatic rings. The largest absolute Gasteiger partial charge is 0.487 e. The van der Waals surface area contributed by atoms with Gasteiger partial charge in [-0.05, 0) is 44.6 Å². The lowest BCUT2D eigenvalue weighted by molar-refractivity contribution is 0.0396. The Morgan fingerprint density at radius 2 is 1.90 bits per heavy atom. The fourth-order valence-corrected chi connectivity index (χ4v) is 6.31. The van der Waals surface area contributed by atoms with Crippen molar-refractivity contribution in [2.75, 3.05) is 25.6 Å². The molecule has 0 amide bonds. The zero-order valence-corrected chi connectivity index (χ0v) is 20.4. The molecule has 2 N–H and O–H groups in total. The number of hydrogen-bond donors (Lipinski definition) is 2. The molecule has 0 saturated heterocycles. The van der Waals surface area contributed by atoms with E-state index in [1.807, 2.05) is 12.1 Å². The molecule has 2 saturated carbocycles. The van der Waals surface area contributed by atoms with E-state index in [9.17, 15) is 8.42 Å². The Kier molecular flexibility index (Phi) is 6.72. The number of rotatable bonds is 5. The lowest BCUT2D eigenvalue weighted by atomic mass is 9.86. The quantitative estimate of drug-likeness (QED) is 0.345. The van der Waals surface area contributed by atoms with Crippen LogP contribution in [0.2, 0.25) is 0 Å². The van der Waals surface area contributed by atoms with E-state index in [2.05, 4.69) is 27.8 Å². The zero-order valence-electron chi connectivity index (χ0n) is 17.2. The zero-order chi connectivity index (χ0) is 19.8. The van der Waals surface area contributed by atoms with E-state index in [1.54, 1.807) is 7.05 Å². The molecule has 1 heterocycles. The van der Waals surface area contributed by atoms with Gasteiger partial charge in [-0.2, -0.15) is 0 Å². The third-order valence-electron chi connectivity index (χ3n) is 6.40. The Morgan fingerprint density at radius 1 is 1.21 bits per heavy atom. The molecule has 0 aromatic heterocycles. The van der Waals surface area contributed by atoms with Crippen LogP contribution in [0.5, 0.6) is 5.75 Å². The Balaban J connectivity index is 0.00000240. The van der Waals surface area contributed by atoms with Gasteiger partial charge in [-0.25, -0.2) is 8.42 Å². The van der Waals surface area contributed by atoms with Crippen LogP contribution in [0, 0.1) is 5.41 Å². The number of nitrogens with zero attached hydrogens (tertiary/aromatic N) is 1. The van der Waals surface area contributed by atoms with E-state index in [4.69, 9.17) is 4.74 Å². The van der Waals surface area contributed by atoms with Crippen LogP contribution in [0.1, 0.15) is 56.6 Å². The topological polar surface area (TPSA) is 79.8 Å². The van der Waals surface area contributed by atoms with Crippen LogP contribution in [0.15, 0.2) is 29.3 Å². The molecule has 1 atom stereocenters. The van der Waals surface area contributed by atoms with Gasteiger partial charge in [0.25, 0.3) is 0 Å². The summed E-state index contributed by atoms with van der Waals surface area (Å²) in [4.78, 5) is 4.40. The third kappa shape index (κ3) is 5.37. The number of guanidine groups is 1. The fraction of sp³-hybridized carbons (Fsp3) is 0.667. The minimum atomic E-state index is -2.97. The summed E-state index contributed by atoms with van der Waals surface area (Å²) in [5.74, 6) is 1.95. The Hall–Kier alpha value is -1.03. The van der Waals surface area contributed by atoms with Crippen LogP contribution in [0.3, 0.4) is 0 Å². The highest BCUT2D eigenvalue weighted by Gasteiger charge is 2.46. The van der Waals surface area contributed by atoms with Gasteiger partial charge in [0, 0.05) is 37.2 Å². The molecule has 2 aliphatic carbocycles. The van der Waals surface area contributed by atoms with Crippen molar-refractivity contribution >= 4 is 39.8 Å². The van der Waals surface area contributed by atoms with Crippen molar-refractivity contribution in [3.63, 3.8) is 0 Å². The minimum absolute atomic E-state index is 0. The number of aliphatic imine (C=N–C) groups is 1. The maximum atomic E-state index is 11.7. The van der Waals surface area contributed by atoms with Crippen molar-refractivity contribution in [3.8, 4) is 5.75 Å². The average molecular weight is 533 g/mol. The summed E-state index contributed by atoms with van der Waals surface area (Å²) in [7, 11) is -1.21. The normalized spacial score (nSPS) is 24.2. The van der Waals surface area contributed by atoms with Crippen LogP contribution in [-0.2, 0) is 9.84 Å². The van der Waals surface area contributed by atoms with E-state index >= 15 is 0 Å². The van der Waals surface area contributed by atoms with Crippen LogP contribution in [-0.4, -0.2) is 45.6 Å². The molecule has 1 unspecified atom stereocenters. The van der Waals surface area contributed by atoms with Gasteiger partial charge in [-0.3, -0.25) is 4.99 Å². The Morgan fingerprint density at radius 3 is 2.52 bits per heavy atom. The molecule has 4 rings (SSSR count). The van der Waals surface area contributed by atoms with Gasteiger partial charge in [0.1, 0.15) is 21.2 Å². The molecule has 29 heavy (non-hydrogen) atoms. The number of hydrogen-bond acceptors (Lipinski definition) is 4. The van der Waals surface area contributed by atoms with Crippen LogP contribution in [0.4, 0.5) is 0 Å². The molecular formula is C21H32IN3O3S. The molecule has 6 nitrogen and oxygen atoms in total. The van der Waals surface area contributed by atoms with Gasteiger partial charge in [0.2, 0.25) is 0 Å². The maximum absolute atomic E-state index is 11.7. The second-order valence-electron chi connectivity index (χ2n) is 8.93. The summed E-state index contributed by atoms with van der Waals surface area (Å²) in [5.41, 5.74) is 0.963. The summed E-state index contributed by atoms with van der Waals surface area (Å²) < 4.78 is 29.9. The monoisotopic (exact) mass is 533 g/mol. The van der Waals surface area contributed by atoms with Crippen molar-refractivity contribution < 1.29 is 13.2 Å². The summed E-state index contributed by atoms with van der Waals surface area (Å²) in [6.07, 6.45) is 8.79. The lowest BCUT2D eigenvalue weighted by Crippen LogP contribution is -2.47. The van der Waals surface area contributed by atoms with Crippen molar-refractivity contribution in [2.45, 2.75) is 56.6 Å². The average Bonchev–Trinajstić information content (AvgIpc) is 3.25. The first-order valence-electron chi connectivity index (χ1n) is 10.3. The predicted molar refractivity (Wildman–Crippen MR) is 127 cm³/mol. The number of nitrogens with one attached hydrogen (secondary N) is 2. The number of para-hydroxylation sites is 1. The highest BCUT2D eigenvalue weighted by molar-refractivity contribution is 14.0. The summed E-state index contributed by atoms with van der Waals surface area (Å²) in [5, 5.41) is 6.97. The summed E-state index contributed by atoms with van der Waals surface area (Å²) >= 11 is 0. The van der Waals surface area contributed by atoms with Crippen molar-refractivity contribution in [2.24, 2.45) is 10.4 Å². The van der Waals surface area contributed by atoms with E-state index in [0.717, 1.165) is 43.8 Å². The summed E-state index contributed by atoms with van der Waals surface area (Å²) in [6, 6.07) is 8.39. The predicted octanol–water partition coefficient (Wildman–Crippen LogP) is 3.43. The van der Waals surface area contributed by atoms with Crippen molar-refractivity contribution in [1.29, 1.82) is 0 Å². The smallest absolute Gasteiger partial charge is 0.191 e. The second-order valence-corrected chi connectivity index (χ2v) is 11.1. The van der Waals surface area contributed by atoms with Gasteiger partial charge in [0.15, 0.2) is 5.96 Å². The summed E-state index contributed by atoms with van der Waals surface area (Å²) in [6.45, 7) is 0.635. The molecule has 0 radical (unpaired) electrons. The Bertz CT molecular complexity index is 862. The molecule has 1 aromatic rings. The number of benzene rings is 1. The van der Waals surface area contributed by atoms with Gasteiger partial charge in [-0.1, -0.05) is 18.2 Å². The fourth-order valence-electron chi connectivity index (χ4n) is 4.81. The molecule has 8 heteroatoms. The first-order valence-corrected chi connectivity index (χ1v) is 12.3. The van der Waals surface area contributed by atoms with Crippen molar-refractivity contribution in [3.05, 3.63) is 29.8 Å². The second kappa shape index (κ2) is 8.61. The standard InChI is InChI=1S/C21H31N3O3S.HI/c1-22-19(23-14-20(11-12-20)15-28(2,25)26)24-17-13-21(9-5-6-10-21)27-18-8-4-3-7-16(17)18;/h3-4,7-8,17H,5-6,9-15H2,1-2H3,(H2,22,23,24);1H.